The molecule has 0 saturated carbocycles. The zero-order valence-corrected chi connectivity index (χ0v) is 15.2. The second-order valence-corrected chi connectivity index (χ2v) is 6.30. The second-order valence-electron chi connectivity index (χ2n) is 4.53. The standard InChI is InChI=1S/C15H14Br2N2O3/c1-9-5-11(10(2)22-9)7-18-19-15(20)8-21-14-4-3-12(16)6-13(14)17/h3-7H,8H2,1-2H3,(H,19,20)/b18-7-. The maximum Gasteiger partial charge on any atom is 0.277 e. The summed E-state index contributed by atoms with van der Waals surface area (Å²) in [5.41, 5.74) is 3.24. The first-order valence-corrected chi connectivity index (χ1v) is 8.01. The number of nitrogens with one attached hydrogen (secondary N) is 1. The van der Waals surface area contributed by atoms with Crippen LogP contribution in [-0.4, -0.2) is 18.7 Å². The first kappa shape index (κ1) is 16.8. The summed E-state index contributed by atoms with van der Waals surface area (Å²) in [5, 5.41) is 3.88. The molecule has 116 valence electrons. The molecule has 22 heavy (non-hydrogen) atoms. The van der Waals surface area contributed by atoms with E-state index >= 15 is 0 Å². The minimum absolute atomic E-state index is 0.124. The molecule has 2 aromatic rings. The minimum atomic E-state index is -0.344. The van der Waals surface area contributed by atoms with E-state index in [-0.39, 0.29) is 12.5 Å². The monoisotopic (exact) mass is 428 g/mol. The number of rotatable bonds is 5. The highest BCUT2D eigenvalue weighted by Gasteiger charge is 2.06. The van der Waals surface area contributed by atoms with Gasteiger partial charge in [-0.3, -0.25) is 4.79 Å². The van der Waals surface area contributed by atoms with Crippen molar-refractivity contribution < 1.29 is 13.9 Å². The van der Waals surface area contributed by atoms with Crippen LogP contribution in [0.1, 0.15) is 17.1 Å². The van der Waals surface area contributed by atoms with Crippen LogP contribution in [0.3, 0.4) is 0 Å². The van der Waals surface area contributed by atoms with Crippen LogP contribution >= 0.6 is 31.9 Å². The predicted molar refractivity (Wildman–Crippen MR) is 91.3 cm³/mol. The fraction of sp³-hybridized carbons (Fsp3) is 0.200. The van der Waals surface area contributed by atoms with E-state index in [1.807, 2.05) is 32.0 Å². The van der Waals surface area contributed by atoms with E-state index in [1.165, 1.54) is 0 Å². The lowest BCUT2D eigenvalue weighted by Crippen LogP contribution is -2.24. The van der Waals surface area contributed by atoms with E-state index in [0.29, 0.717) is 5.75 Å². The number of benzene rings is 1. The lowest BCUT2D eigenvalue weighted by Gasteiger charge is -2.07. The van der Waals surface area contributed by atoms with Crippen LogP contribution in [0.4, 0.5) is 0 Å². The van der Waals surface area contributed by atoms with Gasteiger partial charge in [-0.1, -0.05) is 15.9 Å². The number of nitrogens with zero attached hydrogens (tertiary/aromatic N) is 1. The van der Waals surface area contributed by atoms with Crippen molar-refractivity contribution in [3.8, 4) is 5.75 Å². The molecule has 0 fully saturated rings. The van der Waals surface area contributed by atoms with Crippen molar-refractivity contribution in [3.63, 3.8) is 0 Å². The van der Waals surface area contributed by atoms with Gasteiger partial charge in [-0.25, -0.2) is 5.43 Å². The fourth-order valence-electron chi connectivity index (χ4n) is 1.72. The van der Waals surface area contributed by atoms with Gasteiger partial charge in [0.2, 0.25) is 0 Å². The molecule has 0 aliphatic carbocycles. The van der Waals surface area contributed by atoms with Crippen LogP contribution < -0.4 is 10.2 Å². The SMILES string of the molecule is Cc1cc(/C=N\NC(=O)COc2ccc(Br)cc2Br)c(C)o1. The van der Waals surface area contributed by atoms with Crippen molar-refractivity contribution in [1.29, 1.82) is 0 Å². The summed E-state index contributed by atoms with van der Waals surface area (Å²) in [5.74, 6) is 1.80. The summed E-state index contributed by atoms with van der Waals surface area (Å²) in [6, 6.07) is 7.29. The summed E-state index contributed by atoms with van der Waals surface area (Å²) in [6.45, 7) is 3.57. The lowest BCUT2D eigenvalue weighted by molar-refractivity contribution is -0.123. The van der Waals surface area contributed by atoms with Gasteiger partial charge in [0.1, 0.15) is 17.3 Å². The molecule has 0 spiro atoms. The molecule has 1 heterocycles. The Bertz CT molecular complexity index is 711. The van der Waals surface area contributed by atoms with Crippen molar-refractivity contribution in [2.45, 2.75) is 13.8 Å². The van der Waals surface area contributed by atoms with Gasteiger partial charge in [-0.2, -0.15) is 5.10 Å². The fourth-order valence-corrected chi connectivity index (χ4v) is 2.88. The Kier molecular flexibility index (Phi) is 5.79. The molecule has 5 nitrogen and oxygen atoms in total. The molecule has 0 saturated heterocycles. The summed E-state index contributed by atoms with van der Waals surface area (Å²) >= 11 is 6.71. The van der Waals surface area contributed by atoms with E-state index < -0.39 is 0 Å². The minimum Gasteiger partial charge on any atom is -0.483 e. The Morgan fingerprint density at radius 3 is 2.77 bits per heavy atom. The van der Waals surface area contributed by atoms with Crippen LogP contribution in [-0.2, 0) is 4.79 Å². The highest BCUT2D eigenvalue weighted by atomic mass is 79.9. The van der Waals surface area contributed by atoms with Crippen LogP contribution in [0.5, 0.6) is 5.75 Å². The molecule has 0 unspecified atom stereocenters. The first-order chi connectivity index (χ1) is 10.5. The maximum atomic E-state index is 11.7. The van der Waals surface area contributed by atoms with Gasteiger partial charge in [-0.15, -0.1) is 0 Å². The lowest BCUT2D eigenvalue weighted by atomic mass is 10.3. The quantitative estimate of drug-likeness (QED) is 0.578. The number of ether oxygens (including phenoxy) is 1. The molecule has 1 amide bonds. The predicted octanol–water partition coefficient (Wildman–Crippen LogP) is 3.95. The van der Waals surface area contributed by atoms with E-state index in [2.05, 4.69) is 42.4 Å². The molecule has 0 radical (unpaired) electrons. The first-order valence-electron chi connectivity index (χ1n) is 6.42. The Labute approximate surface area is 145 Å². The molecule has 0 atom stereocenters. The third kappa shape index (κ3) is 4.71. The molecule has 1 aromatic carbocycles. The van der Waals surface area contributed by atoms with Gasteiger partial charge in [0.05, 0.1) is 10.7 Å². The molecule has 7 heteroatoms. The van der Waals surface area contributed by atoms with Crippen molar-refractivity contribution in [1.82, 2.24) is 5.43 Å². The molecule has 1 N–H and O–H groups in total. The highest BCUT2D eigenvalue weighted by molar-refractivity contribution is 9.11. The van der Waals surface area contributed by atoms with E-state index in [9.17, 15) is 4.79 Å². The topological polar surface area (TPSA) is 63.8 Å². The number of furan rings is 1. The largest absolute Gasteiger partial charge is 0.483 e. The van der Waals surface area contributed by atoms with Gasteiger partial charge in [-0.05, 0) is 54.0 Å². The zero-order chi connectivity index (χ0) is 16.1. The highest BCUT2D eigenvalue weighted by Crippen LogP contribution is 2.28. The molecular formula is C15H14Br2N2O3. The molecule has 0 aliphatic heterocycles. The van der Waals surface area contributed by atoms with Gasteiger partial charge < -0.3 is 9.15 Å². The Morgan fingerprint density at radius 2 is 2.14 bits per heavy atom. The second kappa shape index (κ2) is 7.60. The zero-order valence-electron chi connectivity index (χ0n) is 12.0. The summed E-state index contributed by atoms with van der Waals surface area (Å²) in [6.07, 6.45) is 1.54. The number of amides is 1. The molecule has 0 bridgehead atoms. The number of hydrogen-bond donors (Lipinski definition) is 1. The van der Waals surface area contributed by atoms with Gasteiger partial charge in [0.15, 0.2) is 6.61 Å². The molecule has 1 aromatic heterocycles. The van der Waals surface area contributed by atoms with Crippen molar-refractivity contribution in [2.24, 2.45) is 5.10 Å². The van der Waals surface area contributed by atoms with Gasteiger partial charge in [0, 0.05) is 10.0 Å². The maximum absolute atomic E-state index is 11.7. The van der Waals surface area contributed by atoms with Crippen LogP contribution in [0.25, 0.3) is 0 Å². The van der Waals surface area contributed by atoms with Gasteiger partial charge in [0.25, 0.3) is 5.91 Å². The Balaban J connectivity index is 1.84. The molecule has 0 aliphatic rings. The van der Waals surface area contributed by atoms with Gasteiger partial charge >= 0.3 is 0 Å². The molecule has 2 rings (SSSR count). The van der Waals surface area contributed by atoms with Crippen LogP contribution in [0, 0.1) is 13.8 Å². The van der Waals surface area contributed by atoms with Crippen LogP contribution in [0.2, 0.25) is 0 Å². The normalized spacial score (nSPS) is 10.9. The number of hydrazone groups is 1. The van der Waals surface area contributed by atoms with Crippen molar-refractivity contribution >= 4 is 44.0 Å². The number of aryl methyl sites for hydroxylation is 2. The molecular weight excluding hydrogens is 416 g/mol. The number of hydrogen-bond acceptors (Lipinski definition) is 4. The van der Waals surface area contributed by atoms with E-state index in [1.54, 1.807) is 12.3 Å². The Morgan fingerprint density at radius 1 is 1.36 bits per heavy atom. The summed E-state index contributed by atoms with van der Waals surface area (Å²) in [4.78, 5) is 11.7. The Hall–Kier alpha value is -1.60. The van der Waals surface area contributed by atoms with Crippen molar-refractivity contribution in [2.75, 3.05) is 6.61 Å². The third-order valence-corrected chi connectivity index (χ3v) is 3.84. The smallest absolute Gasteiger partial charge is 0.277 e. The van der Waals surface area contributed by atoms with Crippen molar-refractivity contribution in [3.05, 3.63) is 50.3 Å². The summed E-state index contributed by atoms with van der Waals surface area (Å²) < 4.78 is 12.5. The third-order valence-electron chi connectivity index (χ3n) is 2.72. The summed E-state index contributed by atoms with van der Waals surface area (Å²) in [7, 11) is 0. The van der Waals surface area contributed by atoms with Crippen LogP contribution in [0.15, 0.2) is 42.7 Å². The number of halogens is 2. The number of carbonyl (C=O) groups excluding carboxylic acids is 1. The van der Waals surface area contributed by atoms with E-state index in [4.69, 9.17) is 9.15 Å². The average Bonchev–Trinajstić information content (AvgIpc) is 2.76. The van der Waals surface area contributed by atoms with E-state index in [0.717, 1.165) is 26.0 Å². The average molecular weight is 430 g/mol. The number of carbonyl (C=O) groups is 1.